The van der Waals surface area contributed by atoms with Crippen LogP contribution in [0.5, 0.6) is 5.75 Å². The number of fused-ring (bicyclic) bond motifs is 1. The summed E-state index contributed by atoms with van der Waals surface area (Å²) >= 11 is 0. The summed E-state index contributed by atoms with van der Waals surface area (Å²) in [7, 11) is -3.50. The van der Waals surface area contributed by atoms with Crippen molar-refractivity contribution in [2.24, 2.45) is 0 Å². The number of ether oxygens (including phenoxy) is 6. The van der Waals surface area contributed by atoms with Crippen LogP contribution in [0.25, 0.3) is 10.9 Å². The number of hydrogen-bond donors (Lipinski definition) is 0. The summed E-state index contributed by atoms with van der Waals surface area (Å²) in [5.74, 6) is -2.10. The minimum Gasteiger partial charge on any atom is -0.494 e. The van der Waals surface area contributed by atoms with Crippen molar-refractivity contribution in [2.45, 2.75) is 78.1 Å². The molecule has 15 heteroatoms. The molecule has 0 unspecified atom stereocenters. The lowest BCUT2D eigenvalue weighted by molar-refractivity contribution is -0.267. The van der Waals surface area contributed by atoms with Crippen LogP contribution in [0.1, 0.15) is 57.0 Å². The Morgan fingerprint density at radius 2 is 1.45 bits per heavy atom. The van der Waals surface area contributed by atoms with Crippen molar-refractivity contribution in [3.05, 3.63) is 65.4 Å². The van der Waals surface area contributed by atoms with E-state index in [1.807, 2.05) is 55.6 Å². The first kappa shape index (κ1) is 37.4. The predicted molar refractivity (Wildman–Crippen MR) is 174 cm³/mol. The zero-order chi connectivity index (χ0) is 35.9. The summed E-state index contributed by atoms with van der Waals surface area (Å²) in [6.07, 6.45) is -2.28. The number of esters is 4. The van der Waals surface area contributed by atoms with Gasteiger partial charge in [0.1, 0.15) is 18.5 Å². The van der Waals surface area contributed by atoms with E-state index in [0.29, 0.717) is 18.6 Å². The Kier molecular flexibility index (Phi) is 12.4. The second-order valence-electron chi connectivity index (χ2n) is 11.7. The molecular formula is C34H41NO13S. The topological polar surface area (TPSA) is 172 Å². The molecule has 1 saturated heterocycles. The highest BCUT2D eigenvalue weighted by Crippen LogP contribution is 2.39. The number of aromatic nitrogens is 1. The summed E-state index contributed by atoms with van der Waals surface area (Å²) in [4.78, 5) is 48.7. The smallest absolute Gasteiger partial charge is 0.303 e. The van der Waals surface area contributed by atoms with Gasteiger partial charge in [0.25, 0.3) is 10.1 Å². The second-order valence-corrected chi connectivity index (χ2v) is 13.3. The molecule has 0 aliphatic carbocycles. The lowest BCUT2D eigenvalue weighted by Gasteiger charge is -2.44. The van der Waals surface area contributed by atoms with Gasteiger partial charge in [-0.15, -0.1) is 0 Å². The highest BCUT2D eigenvalue weighted by atomic mass is 32.2. The molecule has 0 saturated carbocycles. The first-order valence-electron chi connectivity index (χ1n) is 15.6. The Labute approximate surface area is 284 Å². The minimum absolute atomic E-state index is 0.0277. The van der Waals surface area contributed by atoms with Crippen molar-refractivity contribution in [1.82, 2.24) is 4.57 Å². The van der Waals surface area contributed by atoms with E-state index in [1.165, 1.54) is 27.7 Å². The Morgan fingerprint density at radius 1 is 0.816 bits per heavy atom. The number of benzene rings is 2. The standard InChI is InChI=1S/C34H41NO13S/c1-20-9-7-10-28-30(20)26(17-25-11-13-27(14-12-25)42-15-8-16-44-49(6,40)41)18-35(28)34-33(47-24(5)39)32(46-23(4)38)31(45-22(3)37)29(48-34)19-43-21(2)36/h7,9-14,18,29,31-34H,8,15-17,19H2,1-6H3/t29-,31-,32+,33-,34-/m1/s1. The predicted octanol–water partition coefficient (Wildman–Crippen LogP) is 3.54. The van der Waals surface area contributed by atoms with Crippen molar-refractivity contribution >= 4 is 44.9 Å². The van der Waals surface area contributed by atoms with Gasteiger partial charge < -0.3 is 33.0 Å². The maximum absolute atomic E-state index is 12.4. The zero-order valence-corrected chi connectivity index (χ0v) is 29.0. The molecule has 2 heterocycles. The molecule has 4 rings (SSSR count). The van der Waals surface area contributed by atoms with Crippen molar-refractivity contribution < 1.29 is 60.2 Å². The van der Waals surface area contributed by atoms with E-state index in [1.54, 1.807) is 4.57 Å². The Morgan fingerprint density at radius 3 is 2.06 bits per heavy atom. The van der Waals surface area contributed by atoms with Gasteiger partial charge in [-0.2, -0.15) is 8.42 Å². The van der Waals surface area contributed by atoms with E-state index in [0.717, 1.165) is 33.8 Å². The molecule has 0 spiro atoms. The summed E-state index contributed by atoms with van der Waals surface area (Å²) in [6.45, 7) is 6.70. The van der Waals surface area contributed by atoms with Crippen LogP contribution in [0, 0.1) is 6.92 Å². The van der Waals surface area contributed by atoms with Crippen LogP contribution in [0.4, 0.5) is 0 Å². The molecule has 3 aromatic rings. The van der Waals surface area contributed by atoms with E-state index in [2.05, 4.69) is 0 Å². The molecule has 49 heavy (non-hydrogen) atoms. The maximum Gasteiger partial charge on any atom is 0.303 e. The van der Waals surface area contributed by atoms with Crippen LogP contribution in [-0.2, 0) is 63.6 Å². The fourth-order valence-electron chi connectivity index (χ4n) is 5.74. The third-order valence-electron chi connectivity index (χ3n) is 7.56. The number of rotatable bonds is 14. The maximum atomic E-state index is 12.4. The van der Waals surface area contributed by atoms with E-state index >= 15 is 0 Å². The average molecular weight is 704 g/mol. The van der Waals surface area contributed by atoms with Gasteiger partial charge in [-0.05, 0) is 48.2 Å². The van der Waals surface area contributed by atoms with E-state index < -0.39 is 64.6 Å². The molecule has 1 aliphatic rings. The van der Waals surface area contributed by atoms with E-state index in [-0.39, 0.29) is 19.8 Å². The van der Waals surface area contributed by atoms with Gasteiger partial charge in [0.05, 0.1) is 25.0 Å². The molecule has 0 radical (unpaired) electrons. The molecular weight excluding hydrogens is 662 g/mol. The average Bonchev–Trinajstić information content (AvgIpc) is 3.36. The van der Waals surface area contributed by atoms with E-state index in [9.17, 15) is 27.6 Å². The zero-order valence-electron chi connectivity index (χ0n) is 28.2. The largest absolute Gasteiger partial charge is 0.494 e. The fourth-order valence-corrected chi connectivity index (χ4v) is 6.16. The van der Waals surface area contributed by atoms with Crippen LogP contribution >= 0.6 is 0 Å². The lowest BCUT2D eigenvalue weighted by atomic mass is 9.97. The third kappa shape index (κ3) is 10.3. The Bertz CT molecular complexity index is 1770. The molecule has 266 valence electrons. The SMILES string of the molecule is CC(=O)OC[C@H]1O[C@@H](n2cc(Cc3ccc(OCCCOS(C)(=O)=O)cc3)c3c(C)cccc32)[C@H](OC(C)=O)[C@@H](OC(C)=O)[C@@H]1OC(C)=O. The molecule has 0 bridgehead atoms. The van der Waals surface area contributed by atoms with Gasteiger partial charge in [-0.3, -0.25) is 23.4 Å². The van der Waals surface area contributed by atoms with Crippen LogP contribution < -0.4 is 4.74 Å². The lowest BCUT2D eigenvalue weighted by Crippen LogP contribution is -2.60. The molecule has 1 fully saturated rings. The number of carbonyl (C=O) groups excluding carboxylic acids is 4. The van der Waals surface area contributed by atoms with E-state index in [4.69, 9.17) is 32.6 Å². The molecule has 5 atom stereocenters. The molecule has 2 aromatic carbocycles. The molecule has 0 amide bonds. The summed E-state index contributed by atoms with van der Waals surface area (Å²) in [5.41, 5.74) is 3.56. The Balaban J connectivity index is 1.69. The van der Waals surface area contributed by atoms with Gasteiger partial charge in [-0.1, -0.05) is 24.3 Å². The first-order valence-corrected chi connectivity index (χ1v) is 17.4. The summed E-state index contributed by atoms with van der Waals surface area (Å²) < 4.78 is 63.1. The molecule has 1 aromatic heterocycles. The number of aryl methyl sites for hydroxylation is 1. The van der Waals surface area contributed by atoms with Crippen LogP contribution in [0.3, 0.4) is 0 Å². The van der Waals surface area contributed by atoms with Gasteiger partial charge in [-0.25, -0.2) is 0 Å². The van der Waals surface area contributed by atoms with Crippen LogP contribution in [0.15, 0.2) is 48.7 Å². The highest BCUT2D eigenvalue weighted by Gasteiger charge is 2.53. The number of hydrogen-bond acceptors (Lipinski definition) is 13. The fraction of sp³-hybridized carbons (Fsp3) is 0.471. The van der Waals surface area contributed by atoms with Gasteiger partial charge >= 0.3 is 23.9 Å². The van der Waals surface area contributed by atoms with Gasteiger partial charge in [0, 0.05) is 45.7 Å². The third-order valence-corrected chi connectivity index (χ3v) is 8.15. The van der Waals surface area contributed by atoms with Crippen LogP contribution in [-0.4, -0.2) is 87.4 Å². The molecule has 0 N–H and O–H groups in total. The van der Waals surface area contributed by atoms with Crippen molar-refractivity contribution in [3.8, 4) is 5.75 Å². The van der Waals surface area contributed by atoms with Gasteiger partial charge in [0.15, 0.2) is 24.5 Å². The Hall–Kier alpha value is -4.47. The van der Waals surface area contributed by atoms with Gasteiger partial charge in [0.2, 0.25) is 0 Å². The molecule has 1 aliphatic heterocycles. The monoisotopic (exact) mass is 703 g/mol. The van der Waals surface area contributed by atoms with Crippen molar-refractivity contribution in [2.75, 3.05) is 26.1 Å². The van der Waals surface area contributed by atoms with Crippen LogP contribution in [0.2, 0.25) is 0 Å². The first-order chi connectivity index (χ1) is 23.1. The minimum atomic E-state index is -3.50. The number of nitrogens with zero attached hydrogens (tertiary/aromatic N) is 1. The highest BCUT2D eigenvalue weighted by molar-refractivity contribution is 7.85. The summed E-state index contributed by atoms with van der Waals surface area (Å²) in [6, 6.07) is 13.2. The normalized spacial score (nSPS) is 20.7. The van der Waals surface area contributed by atoms with Crippen molar-refractivity contribution in [1.29, 1.82) is 0 Å². The second kappa shape index (κ2) is 16.3. The van der Waals surface area contributed by atoms with Crippen molar-refractivity contribution in [3.63, 3.8) is 0 Å². The quantitative estimate of drug-likeness (QED) is 0.103. The number of carbonyl (C=O) groups is 4. The summed E-state index contributed by atoms with van der Waals surface area (Å²) in [5, 5.41) is 0.918. The molecule has 14 nitrogen and oxygen atoms in total.